The van der Waals surface area contributed by atoms with Crippen molar-refractivity contribution >= 4 is 0 Å². The molecule has 0 N–H and O–H groups in total. The molecule has 4 heteroatoms. The fourth-order valence-electron chi connectivity index (χ4n) is 2.54. The van der Waals surface area contributed by atoms with Gasteiger partial charge in [0.15, 0.2) is 0 Å². The molecular weight excluding hydrogens is 302 g/mol. The third-order valence-electron chi connectivity index (χ3n) is 3.71. The molecule has 132 valence electrons. The maximum atomic E-state index is 5.77. The van der Waals surface area contributed by atoms with Crippen molar-refractivity contribution in [3.05, 3.63) is 41.8 Å². The topological polar surface area (TPSA) is 44.5 Å². The summed E-state index contributed by atoms with van der Waals surface area (Å²) in [6, 6.07) is 9.88. The summed E-state index contributed by atoms with van der Waals surface area (Å²) in [4.78, 5) is 0. The van der Waals surface area contributed by atoms with E-state index in [9.17, 15) is 0 Å². The minimum Gasteiger partial charge on any atom is -0.494 e. The van der Waals surface area contributed by atoms with E-state index in [1.165, 1.54) is 19.3 Å². The van der Waals surface area contributed by atoms with Gasteiger partial charge in [0.25, 0.3) is 0 Å². The number of hydrogen-bond acceptors (Lipinski definition) is 4. The molecule has 0 unspecified atom stereocenters. The SMILES string of the molecule is Cc1cc(CCCCCCCOc2ccc(OC(C)C)cc2)on1. The third kappa shape index (κ3) is 7.07. The zero-order chi connectivity index (χ0) is 17.2. The Morgan fingerprint density at radius 2 is 1.62 bits per heavy atom. The van der Waals surface area contributed by atoms with Crippen LogP contribution < -0.4 is 9.47 Å². The number of benzene rings is 1. The Labute approximate surface area is 145 Å². The van der Waals surface area contributed by atoms with E-state index >= 15 is 0 Å². The molecule has 1 aromatic carbocycles. The first-order valence-electron chi connectivity index (χ1n) is 8.95. The molecule has 0 amide bonds. The molecule has 0 atom stereocenters. The van der Waals surface area contributed by atoms with Gasteiger partial charge < -0.3 is 14.0 Å². The molecule has 0 aliphatic carbocycles. The summed E-state index contributed by atoms with van der Waals surface area (Å²) >= 11 is 0. The van der Waals surface area contributed by atoms with Crippen molar-refractivity contribution in [1.29, 1.82) is 0 Å². The van der Waals surface area contributed by atoms with Crippen molar-refractivity contribution in [2.75, 3.05) is 6.61 Å². The van der Waals surface area contributed by atoms with E-state index in [1.807, 2.05) is 51.1 Å². The summed E-state index contributed by atoms with van der Waals surface area (Å²) in [6.45, 7) is 6.78. The molecule has 2 aromatic rings. The quantitative estimate of drug-likeness (QED) is 0.521. The molecule has 4 nitrogen and oxygen atoms in total. The highest BCUT2D eigenvalue weighted by molar-refractivity contribution is 5.31. The summed E-state index contributed by atoms with van der Waals surface area (Å²) in [6.07, 6.45) is 7.09. The number of unbranched alkanes of at least 4 members (excludes halogenated alkanes) is 4. The first-order valence-corrected chi connectivity index (χ1v) is 8.95. The average molecular weight is 331 g/mol. The first-order chi connectivity index (χ1) is 11.6. The van der Waals surface area contributed by atoms with E-state index in [-0.39, 0.29) is 6.10 Å². The van der Waals surface area contributed by atoms with E-state index in [4.69, 9.17) is 14.0 Å². The molecule has 0 fully saturated rings. The van der Waals surface area contributed by atoms with Crippen LogP contribution in [0, 0.1) is 6.92 Å². The van der Waals surface area contributed by atoms with Crippen LogP contribution in [0.15, 0.2) is 34.9 Å². The monoisotopic (exact) mass is 331 g/mol. The van der Waals surface area contributed by atoms with Gasteiger partial charge in [-0.15, -0.1) is 0 Å². The van der Waals surface area contributed by atoms with E-state index in [1.54, 1.807) is 0 Å². The van der Waals surface area contributed by atoms with Crippen LogP contribution in [0.5, 0.6) is 11.5 Å². The lowest BCUT2D eigenvalue weighted by Gasteiger charge is -2.10. The van der Waals surface area contributed by atoms with Gasteiger partial charge in [-0.25, -0.2) is 0 Å². The molecule has 1 aromatic heterocycles. The standard InChI is InChI=1S/C20H29NO3/c1-16(2)23-19-12-10-18(11-13-19)22-14-8-6-4-5-7-9-20-15-17(3)21-24-20/h10-13,15-16H,4-9,14H2,1-3H3. The molecule has 0 radical (unpaired) electrons. The van der Waals surface area contributed by atoms with Crippen LogP contribution in [0.2, 0.25) is 0 Å². The smallest absolute Gasteiger partial charge is 0.136 e. The van der Waals surface area contributed by atoms with Gasteiger partial charge in [0.2, 0.25) is 0 Å². The third-order valence-corrected chi connectivity index (χ3v) is 3.71. The molecule has 0 bridgehead atoms. The van der Waals surface area contributed by atoms with Crippen LogP contribution >= 0.6 is 0 Å². The van der Waals surface area contributed by atoms with Gasteiger partial charge in [0.05, 0.1) is 18.4 Å². The predicted octanol–water partition coefficient (Wildman–Crippen LogP) is 5.34. The fourth-order valence-corrected chi connectivity index (χ4v) is 2.54. The molecule has 0 saturated heterocycles. The van der Waals surface area contributed by atoms with Crippen LogP contribution in [0.1, 0.15) is 57.4 Å². The highest BCUT2D eigenvalue weighted by Crippen LogP contribution is 2.19. The zero-order valence-corrected chi connectivity index (χ0v) is 15.1. The lowest BCUT2D eigenvalue weighted by atomic mass is 10.1. The van der Waals surface area contributed by atoms with Crippen molar-refractivity contribution in [2.45, 2.75) is 65.4 Å². The van der Waals surface area contributed by atoms with Gasteiger partial charge in [0, 0.05) is 12.5 Å². The van der Waals surface area contributed by atoms with Crippen molar-refractivity contribution < 1.29 is 14.0 Å². The Hall–Kier alpha value is -1.97. The molecule has 0 aliphatic heterocycles. The lowest BCUT2D eigenvalue weighted by molar-refractivity contribution is 0.241. The van der Waals surface area contributed by atoms with Gasteiger partial charge >= 0.3 is 0 Å². The lowest BCUT2D eigenvalue weighted by Crippen LogP contribution is -2.05. The van der Waals surface area contributed by atoms with Crippen LogP contribution in [-0.2, 0) is 6.42 Å². The number of nitrogens with zero attached hydrogens (tertiary/aromatic N) is 1. The van der Waals surface area contributed by atoms with Crippen LogP contribution in [0.25, 0.3) is 0 Å². The Morgan fingerprint density at radius 1 is 0.958 bits per heavy atom. The summed E-state index contributed by atoms with van der Waals surface area (Å²) in [5.74, 6) is 2.80. The molecule has 2 rings (SSSR count). The van der Waals surface area contributed by atoms with Crippen molar-refractivity contribution in [1.82, 2.24) is 5.16 Å². The minimum absolute atomic E-state index is 0.199. The van der Waals surface area contributed by atoms with Crippen molar-refractivity contribution in [3.8, 4) is 11.5 Å². The number of ether oxygens (including phenoxy) is 2. The Bertz CT molecular complexity index is 575. The van der Waals surface area contributed by atoms with Crippen LogP contribution in [0.4, 0.5) is 0 Å². The molecule has 0 spiro atoms. The number of hydrogen-bond donors (Lipinski definition) is 0. The second-order valence-corrected chi connectivity index (χ2v) is 6.44. The summed E-state index contributed by atoms with van der Waals surface area (Å²) in [5.41, 5.74) is 0.964. The van der Waals surface area contributed by atoms with Gasteiger partial charge in [-0.05, 0) is 57.9 Å². The highest BCUT2D eigenvalue weighted by atomic mass is 16.5. The second-order valence-electron chi connectivity index (χ2n) is 6.44. The maximum absolute atomic E-state index is 5.77. The summed E-state index contributed by atoms with van der Waals surface area (Å²) < 4.78 is 16.6. The highest BCUT2D eigenvalue weighted by Gasteiger charge is 2.01. The van der Waals surface area contributed by atoms with E-state index in [0.29, 0.717) is 0 Å². The molecular formula is C20H29NO3. The Morgan fingerprint density at radius 3 is 2.29 bits per heavy atom. The summed E-state index contributed by atoms with van der Waals surface area (Å²) in [5, 5.41) is 3.90. The Kier molecular flexibility index (Phi) is 7.66. The molecule has 0 aliphatic rings. The number of rotatable bonds is 11. The van der Waals surface area contributed by atoms with Gasteiger partial charge in [-0.3, -0.25) is 0 Å². The second kappa shape index (κ2) is 10.0. The van der Waals surface area contributed by atoms with E-state index in [0.717, 1.165) is 48.8 Å². The zero-order valence-electron chi connectivity index (χ0n) is 15.1. The number of aromatic nitrogens is 1. The Balaban J connectivity index is 1.49. The fraction of sp³-hybridized carbons (Fsp3) is 0.550. The average Bonchev–Trinajstić information content (AvgIpc) is 2.96. The largest absolute Gasteiger partial charge is 0.494 e. The normalized spacial score (nSPS) is 11.0. The maximum Gasteiger partial charge on any atom is 0.136 e. The van der Waals surface area contributed by atoms with Crippen LogP contribution in [0.3, 0.4) is 0 Å². The van der Waals surface area contributed by atoms with Gasteiger partial charge in [-0.2, -0.15) is 0 Å². The predicted molar refractivity (Wildman–Crippen MR) is 95.7 cm³/mol. The van der Waals surface area contributed by atoms with E-state index in [2.05, 4.69) is 5.16 Å². The molecule has 24 heavy (non-hydrogen) atoms. The van der Waals surface area contributed by atoms with Crippen molar-refractivity contribution in [2.24, 2.45) is 0 Å². The van der Waals surface area contributed by atoms with Gasteiger partial charge in [0.1, 0.15) is 17.3 Å². The molecule has 1 heterocycles. The van der Waals surface area contributed by atoms with E-state index < -0.39 is 0 Å². The first kappa shape index (κ1) is 18.4. The van der Waals surface area contributed by atoms with Gasteiger partial charge in [-0.1, -0.05) is 24.4 Å². The molecule has 0 saturated carbocycles. The van der Waals surface area contributed by atoms with Crippen molar-refractivity contribution in [3.63, 3.8) is 0 Å². The number of aryl methyl sites for hydroxylation is 2. The summed E-state index contributed by atoms with van der Waals surface area (Å²) in [7, 11) is 0. The van der Waals surface area contributed by atoms with Crippen LogP contribution in [-0.4, -0.2) is 17.9 Å². The minimum atomic E-state index is 0.199.